The number of rotatable bonds is 2. The first kappa shape index (κ1) is 17.5. The van der Waals surface area contributed by atoms with Crippen LogP contribution in [-0.2, 0) is 6.18 Å². The molecule has 0 saturated carbocycles. The lowest BCUT2D eigenvalue weighted by molar-refractivity contribution is -0.136. The van der Waals surface area contributed by atoms with E-state index in [0.717, 1.165) is 38.9 Å². The Hall–Kier alpha value is -1.87. The predicted molar refractivity (Wildman–Crippen MR) is 107 cm³/mol. The zero-order valence-electron chi connectivity index (χ0n) is 13.0. The third-order valence-corrected chi connectivity index (χ3v) is 6.43. The number of thiophene rings is 1. The van der Waals surface area contributed by atoms with E-state index >= 15 is 0 Å². The van der Waals surface area contributed by atoms with Gasteiger partial charge in [0, 0.05) is 15.5 Å². The minimum Gasteiger partial charge on any atom is -0.282 e. The van der Waals surface area contributed by atoms with Crippen molar-refractivity contribution in [1.82, 2.24) is 0 Å². The minimum atomic E-state index is -4.40. The van der Waals surface area contributed by atoms with Gasteiger partial charge in [-0.3, -0.25) is 3.11 Å². The van der Waals surface area contributed by atoms with Gasteiger partial charge >= 0.3 is 6.18 Å². The van der Waals surface area contributed by atoms with Crippen LogP contribution >= 0.6 is 34.2 Å². The molecule has 132 valence electrons. The highest BCUT2D eigenvalue weighted by atomic mass is 127. The largest absolute Gasteiger partial charge is 0.417 e. The molecule has 1 nitrogen and oxygen atoms in total. The number of hydrogen-bond acceptors (Lipinski definition) is 2. The molecule has 1 heterocycles. The summed E-state index contributed by atoms with van der Waals surface area (Å²) in [6, 6.07) is 15.7. The second-order valence-corrected chi connectivity index (χ2v) is 7.68. The molecular weight excluding hydrogens is 477 g/mol. The first-order valence-electron chi connectivity index (χ1n) is 7.59. The number of anilines is 2. The van der Waals surface area contributed by atoms with Crippen LogP contribution in [0.1, 0.15) is 5.56 Å². The van der Waals surface area contributed by atoms with Crippen molar-refractivity contribution in [3.05, 3.63) is 72.0 Å². The first-order chi connectivity index (χ1) is 12.4. The summed E-state index contributed by atoms with van der Waals surface area (Å²) in [5, 5.41) is 1.36. The Morgan fingerprint density at radius 3 is 2.08 bits per heavy atom. The summed E-state index contributed by atoms with van der Waals surface area (Å²) in [4.78, 5) is 0. The molecule has 0 spiro atoms. The third kappa shape index (κ3) is 2.92. The summed E-state index contributed by atoms with van der Waals surface area (Å²) in [6.45, 7) is 0. The number of halogens is 5. The average Bonchev–Trinajstić information content (AvgIpc) is 2.99. The molecule has 0 N–H and O–H groups in total. The summed E-state index contributed by atoms with van der Waals surface area (Å²) in [7, 11) is 0. The fourth-order valence-electron chi connectivity index (χ4n) is 2.89. The van der Waals surface area contributed by atoms with Crippen LogP contribution < -0.4 is 3.11 Å². The second kappa shape index (κ2) is 6.38. The van der Waals surface area contributed by atoms with Crippen molar-refractivity contribution in [3.8, 4) is 0 Å². The van der Waals surface area contributed by atoms with E-state index in [1.54, 1.807) is 18.2 Å². The van der Waals surface area contributed by atoms with Crippen LogP contribution in [-0.4, -0.2) is 0 Å². The zero-order valence-corrected chi connectivity index (χ0v) is 16.0. The molecule has 0 atom stereocenters. The molecule has 4 aromatic rings. The highest BCUT2D eigenvalue weighted by Crippen LogP contribution is 2.46. The molecule has 4 rings (SSSR count). The number of nitrogens with zero attached hydrogens (tertiary/aromatic N) is 1. The van der Waals surface area contributed by atoms with E-state index in [0.29, 0.717) is 5.39 Å². The molecule has 1 aromatic heterocycles. The summed E-state index contributed by atoms with van der Waals surface area (Å²) in [5.41, 5.74) is 0.890. The van der Waals surface area contributed by atoms with Crippen molar-refractivity contribution < 1.29 is 17.6 Å². The smallest absolute Gasteiger partial charge is 0.282 e. The van der Waals surface area contributed by atoms with E-state index in [2.05, 4.69) is 22.9 Å². The lowest BCUT2D eigenvalue weighted by atomic mass is 10.1. The van der Waals surface area contributed by atoms with Gasteiger partial charge in [-0.1, -0.05) is 24.3 Å². The molecule has 0 aliphatic rings. The topological polar surface area (TPSA) is 3.24 Å². The molecule has 0 radical (unpaired) electrons. The first-order valence-corrected chi connectivity index (χ1v) is 9.37. The molecule has 7 heteroatoms. The number of benzene rings is 3. The molecule has 0 saturated heterocycles. The molecule has 0 aliphatic heterocycles. The Bertz CT molecular complexity index is 1100. The fraction of sp³-hybridized carbons (Fsp3) is 0.0526. The SMILES string of the molecule is Fc1ccc(N(I)c2cccc3c2sc2c(C(F)(F)F)cccc23)cc1. The summed E-state index contributed by atoms with van der Waals surface area (Å²) in [5.74, 6) is -0.339. The second-order valence-electron chi connectivity index (χ2n) is 5.69. The Morgan fingerprint density at radius 1 is 0.808 bits per heavy atom. The lowest BCUT2D eigenvalue weighted by Crippen LogP contribution is -2.04. The third-order valence-electron chi connectivity index (χ3n) is 4.07. The average molecular weight is 487 g/mol. The molecule has 0 aliphatic carbocycles. The van der Waals surface area contributed by atoms with Crippen molar-refractivity contribution in [2.45, 2.75) is 6.18 Å². The normalized spacial score (nSPS) is 12.0. The van der Waals surface area contributed by atoms with Gasteiger partial charge in [0.15, 0.2) is 0 Å². The monoisotopic (exact) mass is 487 g/mol. The van der Waals surface area contributed by atoms with E-state index in [9.17, 15) is 17.6 Å². The van der Waals surface area contributed by atoms with Crippen molar-refractivity contribution in [3.63, 3.8) is 0 Å². The van der Waals surface area contributed by atoms with Crippen molar-refractivity contribution in [1.29, 1.82) is 0 Å². The van der Waals surface area contributed by atoms with E-state index in [1.165, 1.54) is 18.2 Å². The van der Waals surface area contributed by atoms with Crippen LogP contribution in [0.5, 0.6) is 0 Å². The van der Waals surface area contributed by atoms with Gasteiger partial charge in [0.25, 0.3) is 0 Å². The Labute approximate surface area is 164 Å². The molecule has 0 amide bonds. The standard InChI is InChI=1S/C19H10F4INS/c20-11-7-9-12(10-8-11)25(24)16-6-2-4-14-13-3-1-5-15(19(21,22)23)17(13)26-18(14)16/h1-10H. The van der Waals surface area contributed by atoms with Crippen LogP contribution in [0.25, 0.3) is 20.2 Å². The van der Waals surface area contributed by atoms with Gasteiger partial charge in [0.2, 0.25) is 0 Å². The van der Waals surface area contributed by atoms with Crippen LogP contribution in [0, 0.1) is 5.82 Å². The predicted octanol–water partition coefficient (Wildman–Crippen LogP) is 7.70. The van der Waals surface area contributed by atoms with Crippen molar-refractivity contribution >= 4 is 65.7 Å². The highest BCUT2D eigenvalue weighted by Gasteiger charge is 2.33. The van der Waals surface area contributed by atoms with Crippen LogP contribution in [0.15, 0.2) is 60.7 Å². The maximum atomic E-state index is 13.4. The van der Waals surface area contributed by atoms with Gasteiger partial charge in [-0.25, -0.2) is 4.39 Å². The number of hydrogen-bond donors (Lipinski definition) is 0. The summed E-state index contributed by atoms with van der Waals surface area (Å²) in [6.07, 6.45) is -4.40. The Kier molecular flexibility index (Phi) is 4.31. The summed E-state index contributed by atoms with van der Waals surface area (Å²) >= 11 is 3.21. The molecule has 0 unspecified atom stereocenters. The van der Waals surface area contributed by atoms with E-state index < -0.39 is 11.7 Å². The molecule has 0 fully saturated rings. The van der Waals surface area contributed by atoms with Gasteiger partial charge in [0.1, 0.15) is 5.82 Å². The highest BCUT2D eigenvalue weighted by molar-refractivity contribution is 14.1. The fourth-order valence-corrected chi connectivity index (χ4v) is 5.12. The van der Waals surface area contributed by atoms with E-state index in [4.69, 9.17) is 0 Å². The van der Waals surface area contributed by atoms with Gasteiger partial charge in [-0.05, 0) is 36.4 Å². The van der Waals surface area contributed by atoms with Crippen LogP contribution in [0.4, 0.5) is 28.9 Å². The quantitative estimate of drug-likeness (QED) is 0.159. The van der Waals surface area contributed by atoms with Crippen molar-refractivity contribution in [2.75, 3.05) is 3.11 Å². The molecule has 26 heavy (non-hydrogen) atoms. The van der Waals surface area contributed by atoms with E-state index in [1.807, 2.05) is 21.3 Å². The number of fused-ring (bicyclic) bond motifs is 3. The Balaban J connectivity index is 1.96. The van der Waals surface area contributed by atoms with Gasteiger partial charge in [0.05, 0.1) is 44.5 Å². The molecule has 3 aromatic carbocycles. The minimum absolute atomic E-state index is 0.228. The zero-order chi connectivity index (χ0) is 18.5. The lowest BCUT2D eigenvalue weighted by Gasteiger charge is -2.17. The molecular formula is C19H10F4INS. The Morgan fingerprint density at radius 2 is 1.42 bits per heavy atom. The maximum absolute atomic E-state index is 13.4. The van der Waals surface area contributed by atoms with Crippen LogP contribution in [0.2, 0.25) is 0 Å². The summed E-state index contributed by atoms with van der Waals surface area (Å²) < 4.78 is 56.1. The maximum Gasteiger partial charge on any atom is 0.417 e. The van der Waals surface area contributed by atoms with E-state index in [-0.39, 0.29) is 10.5 Å². The van der Waals surface area contributed by atoms with Gasteiger partial charge in [-0.2, -0.15) is 13.2 Å². The molecule has 0 bridgehead atoms. The van der Waals surface area contributed by atoms with Crippen molar-refractivity contribution in [2.24, 2.45) is 0 Å². The van der Waals surface area contributed by atoms with Gasteiger partial charge < -0.3 is 0 Å². The van der Waals surface area contributed by atoms with Crippen LogP contribution in [0.3, 0.4) is 0 Å². The van der Waals surface area contributed by atoms with Gasteiger partial charge in [-0.15, -0.1) is 11.3 Å². The number of alkyl halides is 3.